The predicted molar refractivity (Wildman–Crippen MR) is 212 cm³/mol. The van der Waals surface area contributed by atoms with Crippen LogP contribution in [0.1, 0.15) is 71.9 Å². The van der Waals surface area contributed by atoms with Gasteiger partial charge in [0.05, 0.1) is 18.8 Å². The molecule has 0 spiro atoms. The van der Waals surface area contributed by atoms with E-state index in [2.05, 4.69) is 27.8 Å². The third-order valence-corrected chi connectivity index (χ3v) is 11.5. The van der Waals surface area contributed by atoms with E-state index in [4.69, 9.17) is 4.74 Å². The summed E-state index contributed by atoms with van der Waals surface area (Å²) in [5, 5.41) is 9.84. The number of halogens is 3. The minimum absolute atomic E-state index is 0.103. The highest BCUT2D eigenvalue weighted by Crippen LogP contribution is 2.30. The van der Waals surface area contributed by atoms with Crippen LogP contribution in [0.3, 0.4) is 0 Å². The molecule has 0 radical (unpaired) electrons. The molecule has 59 heavy (non-hydrogen) atoms. The van der Waals surface area contributed by atoms with Gasteiger partial charge in [-0.25, -0.2) is 22.3 Å². The number of Topliss-reactive ketones (excluding diaryl/α,β-unsaturated/α-hetero) is 1. The zero-order valence-electron chi connectivity index (χ0n) is 34.9. The molecule has 2 unspecified atom stereocenters. The third-order valence-electron chi connectivity index (χ3n) is 10.2. The molecule has 3 rings (SSSR count). The number of carbonyl (C=O) groups excluding carboxylic acids is 6. The first-order chi connectivity index (χ1) is 27.1. The van der Waals surface area contributed by atoms with Crippen molar-refractivity contribution in [3.05, 3.63) is 48.0 Å². The number of amides is 6. The molecule has 1 saturated heterocycles. The minimum Gasteiger partial charge on any atom is -0.444 e. The Kier molecular flexibility index (Phi) is 16.1. The first-order valence-electron chi connectivity index (χ1n) is 19.2. The monoisotopic (exact) mass is 857 g/mol. The standard InChI is InChI=1S/C39H58F3N7O9S/c1-10-18-43-33(52)30(50)27(15-17-39(40,41)42)44-32(51)28-20-26(58-36(55)48-19-16-24-13-11-12-14-25(24)21-48)22-49(28)34(53)31(38(5,6)7)46-35(54)45-29(37(2,3)4)23-47(8)59(9,56)57/h10-14,26-29,31H,1,15-23H2,2-9H3,(H,43,52)(H,44,51)(H2,45,46,54)/t26-,27?,28?,29-,31-/m1/s1. The molecule has 6 amide bonds. The van der Waals surface area contributed by atoms with Crippen LogP contribution in [-0.4, -0.2) is 134 Å². The van der Waals surface area contributed by atoms with Crippen LogP contribution in [0.4, 0.5) is 22.8 Å². The minimum atomic E-state index is -4.75. The number of ether oxygens (including phenoxy) is 1. The van der Waals surface area contributed by atoms with E-state index in [0.717, 1.165) is 26.6 Å². The van der Waals surface area contributed by atoms with E-state index in [0.29, 0.717) is 13.0 Å². The second-order valence-electron chi connectivity index (χ2n) is 17.1. The van der Waals surface area contributed by atoms with E-state index >= 15 is 0 Å². The number of benzene rings is 1. The summed E-state index contributed by atoms with van der Waals surface area (Å²) in [5.74, 6) is -4.52. The Morgan fingerprint density at radius 2 is 1.61 bits per heavy atom. The lowest BCUT2D eigenvalue weighted by Crippen LogP contribution is -2.62. The molecule has 2 aliphatic heterocycles. The SMILES string of the molecule is C=CCNC(=O)C(=O)C(CCC(F)(F)F)NC(=O)C1C[C@@H](OC(=O)N2CCc3ccccc3C2)CN1C(=O)[C@@H](NC(=O)N[C@H](CN(C)S(C)(=O)=O)C(C)(C)C)C(C)(C)C. The van der Waals surface area contributed by atoms with Gasteiger partial charge < -0.3 is 35.8 Å². The molecule has 2 heterocycles. The molecule has 0 aliphatic carbocycles. The lowest BCUT2D eigenvalue weighted by Gasteiger charge is -2.37. The van der Waals surface area contributed by atoms with Crippen molar-refractivity contribution in [1.29, 1.82) is 0 Å². The average molecular weight is 858 g/mol. The lowest BCUT2D eigenvalue weighted by molar-refractivity contribution is -0.147. The molecule has 5 atom stereocenters. The van der Waals surface area contributed by atoms with Crippen LogP contribution in [0.2, 0.25) is 0 Å². The van der Waals surface area contributed by atoms with Crippen LogP contribution < -0.4 is 21.3 Å². The second kappa shape index (κ2) is 19.6. The fourth-order valence-electron chi connectivity index (χ4n) is 6.57. The van der Waals surface area contributed by atoms with Gasteiger partial charge in [-0.15, -0.1) is 6.58 Å². The van der Waals surface area contributed by atoms with Gasteiger partial charge in [-0.1, -0.05) is 71.9 Å². The number of alkyl halides is 3. The summed E-state index contributed by atoms with van der Waals surface area (Å²) >= 11 is 0. The van der Waals surface area contributed by atoms with Crippen molar-refractivity contribution in [3.63, 3.8) is 0 Å². The summed E-state index contributed by atoms with van der Waals surface area (Å²) in [6.07, 6.45) is -6.60. The highest BCUT2D eigenvalue weighted by Gasteiger charge is 2.48. The number of ketones is 1. The molecule has 0 bridgehead atoms. The molecule has 1 aromatic rings. The summed E-state index contributed by atoms with van der Waals surface area (Å²) in [6, 6.07) is 1.14. The highest BCUT2D eigenvalue weighted by atomic mass is 32.2. The number of nitrogens with one attached hydrogen (secondary N) is 4. The maximum absolute atomic E-state index is 14.6. The predicted octanol–water partition coefficient (Wildman–Crippen LogP) is 2.87. The number of urea groups is 1. The van der Waals surface area contributed by atoms with Gasteiger partial charge >= 0.3 is 18.3 Å². The van der Waals surface area contributed by atoms with Crippen molar-refractivity contribution in [3.8, 4) is 0 Å². The largest absolute Gasteiger partial charge is 0.444 e. The fraction of sp³-hybridized carbons (Fsp3) is 0.641. The van der Waals surface area contributed by atoms with E-state index in [1.54, 1.807) is 41.5 Å². The summed E-state index contributed by atoms with van der Waals surface area (Å²) in [4.78, 5) is 83.8. The summed E-state index contributed by atoms with van der Waals surface area (Å²) in [6.45, 7) is 13.6. The summed E-state index contributed by atoms with van der Waals surface area (Å²) < 4.78 is 71.3. The van der Waals surface area contributed by atoms with Gasteiger partial charge in [-0.3, -0.25) is 19.2 Å². The van der Waals surface area contributed by atoms with E-state index < -0.39 is 106 Å². The van der Waals surface area contributed by atoms with Gasteiger partial charge in [0, 0.05) is 52.1 Å². The smallest absolute Gasteiger partial charge is 0.410 e. The summed E-state index contributed by atoms with van der Waals surface area (Å²) in [7, 11) is -2.27. The van der Waals surface area contributed by atoms with Crippen molar-refractivity contribution in [2.75, 3.05) is 39.5 Å². The maximum atomic E-state index is 14.6. The number of likely N-dealkylation sites (tertiary alicyclic amines) is 1. The Labute approximate surface area is 344 Å². The number of nitrogens with zero attached hydrogens (tertiary/aromatic N) is 3. The Bertz CT molecular complexity index is 1850. The van der Waals surface area contributed by atoms with Gasteiger partial charge in [0.1, 0.15) is 18.2 Å². The van der Waals surface area contributed by atoms with Crippen molar-refractivity contribution in [1.82, 2.24) is 35.4 Å². The molecule has 20 heteroatoms. The van der Waals surface area contributed by atoms with E-state index in [9.17, 15) is 50.4 Å². The van der Waals surface area contributed by atoms with Gasteiger partial charge in [0.2, 0.25) is 27.6 Å². The first kappa shape index (κ1) is 48.6. The number of likely N-dealkylation sites (N-methyl/N-ethyl adjacent to an activating group) is 1. The normalized spacial score (nSPS) is 18.8. The Hall–Kier alpha value is -4.72. The number of fused-ring (bicyclic) bond motifs is 1. The quantitative estimate of drug-likeness (QED) is 0.151. The van der Waals surface area contributed by atoms with Crippen LogP contribution in [0.15, 0.2) is 36.9 Å². The first-order valence-corrected chi connectivity index (χ1v) is 21.1. The molecule has 0 aromatic heterocycles. The number of rotatable bonds is 15. The number of hydrogen-bond donors (Lipinski definition) is 4. The van der Waals surface area contributed by atoms with E-state index in [1.807, 2.05) is 24.3 Å². The third kappa shape index (κ3) is 14.2. The summed E-state index contributed by atoms with van der Waals surface area (Å²) in [5.41, 5.74) is 0.281. The van der Waals surface area contributed by atoms with Crippen molar-refractivity contribution >= 4 is 45.7 Å². The Morgan fingerprint density at radius 3 is 2.17 bits per heavy atom. The van der Waals surface area contributed by atoms with E-state index in [-0.39, 0.29) is 32.6 Å². The molecule has 330 valence electrons. The zero-order valence-corrected chi connectivity index (χ0v) is 35.7. The second-order valence-corrected chi connectivity index (χ2v) is 19.2. The van der Waals surface area contributed by atoms with Crippen molar-refractivity contribution in [2.24, 2.45) is 10.8 Å². The van der Waals surface area contributed by atoms with Gasteiger partial charge in [-0.2, -0.15) is 13.2 Å². The van der Waals surface area contributed by atoms with Gasteiger partial charge in [-0.05, 0) is 34.8 Å². The lowest BCUT2D eigenvalue weighted by atomic mass is 9.85. The Balaban J connectivity index is 1.95. The van der Waals surface area contributed by atoms with Crippen LogP contribution in [0, 0.1) is 10.8 Å². The van der Waals surface area contributed by atoms with E-state index in [1.165, 1.54) is 18.0 Å². The number of hydrogen-bond acceptors (Lipinski definition) is 9. The maximum Gasteiger partial charge on any atom is 0.410 e. The van der Waals surface area contributed by atoms with Crippen molar-refractivity contribution in [2.45, 2.75) is 110 Å². The molecule has 4 N–H and O–H groups in total. The zero-order chi connectivity index (χ0) is 44.7. The number of sulfonamides is 1. The molecular formula is C39H58F3N7O9S. The molecule has 1 fully saturated rings. The molecular weight excluding hydrogens is 800 g/mol. The van der Waals surface area contributed by atoms with Crippen molar-refractivity contribution < 1.29 is 55.1 Å². The van der Waals surface area contributed by atoms with Crippen LogP contribution in [0.5, 0.6) is 0 Å². The van der Waals surface area contributed by atoms with Crippen LogP contribution in [-0.2, 0) is 46.9 Å². The molecule has 2 aliphatic rings. The molecule has 0 saturated carbocycles. The fourth-order valence-corrected chi connectivity index (χ4v) is 6.99. The molecule has 16 nitrogen and oxygen atoms in total. The molecule has 1 aromatic carbocycles. The Morgan fingerprint density at radius 1 is 0.983 bits per heavy atom. The van der Waals surface area contributed by atoms with Crippen LogP contribution >= 0.6 is 0 Å². The van der Waals surface area contributed by atoms with Gasteiger partial charge in [0.25, 0.3) is 5.91 Å². The average Bonchev–Trinajstić information content (AvgIpc) is 3.55. The topological polar surface area (TPSA) is 204 Å². The number of carbonyl (C=O) groups is 6. The van der Waals surface area contributed by atoms with Gasteiger partial charge in [0.15, 0.2) is 0 Å². The highest BCUT2D eigenvalue weighted by molar-refractivity contribution is 7.88. The van der Waals surface area contributed by atoms with Crippen LogP contribution in [0.25, 0.3) is 0 Å².